The fourth-order valence-electron chi connectivity index (χ4n) is 2.62. The molecule has 0 radical (unpaired) electrons. The highest BCUT2D eigenvalue weighted by atomic mass is 16.3. The van der Waals surface area contributed by atoms with Crippen molar-refractivity contribution in [3.63, 3.8) is 0 Å². The Balaban J connectivity index is 2.05. The molecular formula is C17H19N3O. The number of para-hydroxylation sites is 1. The van der Waals surface area contributed by atoms with Crippen LogP contribution in [0.2, 0.25) is 0 Å². The second-order valence-corrected chi connectivity index (χ2v) is 5.31. The molecule has 1 atom stereocenters. The lowest BCUT2D eigenvalue weighted by atomic mass is 9.99. The number of benzene rings is 1. The van der Waals surface area contributed by atoms with Crippen molar-refractivity contribution in [3.05, 3.63) is 59.5 Å². The molecule has 2 heterocycles. The highest BCUT2D eigenvalue weighted by Gasteiger charge is 2.16. The summed E-state index contributed by atoms with van der Waals surface area (Å²) in [6.45, 7) is 4.92. The number of rotatable bonds is 4. The highest BCUT2D eigenvalue weighted by Crippen LogP contribution is 2.28. The fraction of sp³-hybridized carbons (Fsp3) is 0.294. The van der Waals surface area contributed by atoms with Gasteiger partial charge in [0.05, 0.1) is 11.7 Å². The predicted molar refractivity (Wildman–Crippen MR) is 83.1 cm³/mol. The Bertz CT molecular complexity index is 764. The summed E-state index contributed by atoms with van der Waals surface area (Å²) in [5, 5.41) is 16.0. The molecule has 3 rings (SSSR count). The maximum atomic E-state index is 10.7. The molecule has 4 heteroatoms. The molecule has 0 saturated carbocycles. The molecule has 1 unspecified atom stereocenters. The van der Waals surface area contributed by atoms with E-state index in [1.807, 2.05) is 48.1 Å². The first-order valence-corrected chi connectivity index (χ1v) is 7.25. The Morgan fingerprint density at radius 2 is 2.10 bits per heavy atom. The van der Waals surface area contributed by atoms with Gasteiger partial charge in [0.2, 0.25) is 0 Å². The van der Waals surface area contributed by atoms with Crippen molar-refractivity contribution >= 4 is 10.9 Å². The van der Waals surface area contributed by atoms with E-state index in [1.165, 1.54) is 0 Å². The summed E-state index contributed by atoms with van der Waals surface area (Å²) in [6.07, 6.45) is 4.00. The number of fused-ring (bicyclic) bond motifs is 1. The predicted octanol–water partition coefficient (Wildman–Crippen LogP) is 3.23. The second kappa shape index (κ2) is 5.66. The van der Waals surface area contributed by atoms with E-state index in [-0.39, 0.29) is 0 Å². The standard InChI is InChI=1S/C17H19N3O/c1-3-8-20-11-13(10-18-20)17(21)15-9-12(2)19-16-7-5-4-6-14(15)16/h4-7,9-11,17,21H,3,8H2,1-2H3. The van der Waals surface area contributed by atoms with E-state index >= 15 is 0 Å². The molecule has 0 saturated heterocycles. The van der Waals surface area contributed by atoms with Crippen molar-refractivity contribution in [2.75, 3.05) is 0 Å². The van der Waals surface area contributed by atoms with Gasteiger partial charge in [0.15, 0.2) is 0 Å². The molecule has 3 aromatic rings. The molecular weight excluding hydrogens is 262 g/mol. The molecule has 4 nitrogen and oxygen atoms in total. The normalized spacial score (nSPS) is 12.7. The van der Waals surface area contributed by atoms with E-state index in [9.17, 15) is 5.11 Å². The number of nitrogens with zero attached hydrogens (tertiary/aromatic N) is 3. The van der Waals surface area contributed by atoms with Gasteiger partial charge in [-0.3, -0.25) is 9.67 Å². The smallest absolute Gasteiger partial charge is 0.108 e. The van der Waals surface area contributed by atoms with Crippen molar-refractivity contribution in [1.82, 2.24) is 14.8 Å². The van der Waals surface area contributed by atoms with E-state index in [2.05, 4.69) is 17.0 Å². The van der Waals surface area contributed by atoms with Crippen LogP contribution in [0.4, 0.5) is 0 Å². The lowest BCUT2D eigenvalue weighted by molar-refractivity contribution is 0.221. The molecule has 0 spiro atoms. The monoisotopic (exact) mass is 281 g/mol. The third-order valence-electron chi connectivity index (χ3n) is 3.59. The van der Waals surface area contributed by atoms with E-state index in [4.69, 9.17) is 0 Å². The van der Waals surface area contributed by atoms with Crippen LogP contribution in [0.3, 0.4) is 0 Å². The van der Waals surface area contributed by atoms with Crippen LogP contribution in [0.5, 0.6) is 0 Å². The van der Waals surface area contributed by atoms with Gasteiger partial charge < -0.3 is 5.11 Å². The molecule has 21 heavy (non-hydrogen) atoms. The average Bonchev–Trinajstić information content (AvgIpc) is 2.94. The van der Waals surface area contributed by atoms with Crippen molar-refractivity contribution in [1.29, 1.82) is 0 Å². The molecule has 0 bridgehead atoms. The zero-order valence-electron chi connectivity index (χ0n) is 12.3. The number of hydrogen-bond donors (Lipinski definition) is 1. The Hall–Kier alpha value is -2.20. The average molecular weight is 281 g/mol. The first kappa shape index (κ1) is 13.8. The first-order chi connectivity index (χ1) is 10.2. The van der Waals surface area contributed by atoms with Gasteiger partial charge >= 0.3 is 0 Å². The van der Waals surface area contributed by atoms with Gasteiger partial charge in [-0.2, -0.15) is 5.10 Å². The Labute approximate surface area is 124 Å². The summed E-state index contributed by atoms with van der Waals surface area (Å²) in [5.74, 6) is 0. The molecule has 0 aliphatic heterocycles. The van der Waals surface area contributed by atoms with Crippen molar-refractivity contribution in [2.24, 2.45) is 0 Å². The third-order valence-corrected chi connectivity index (χ3v) is 3.59. The highest BCUT2D eigenvalue weighted by molar-refractivity contribution is 5.83. The Morgan fingerprint density at radius 1 is 1.29 bits per heavy atom. The summed E-state index contributed by atoms with van der Waals surface area (Å²) in [7, 11) is 0. The van der Waals surface area contributed by atoms with Gasteiger partial charge in [-0.15, -0.1) is 0 Å². The molecule has 0 amide bonds. The van der Waals surface area contributed by atoms with Gasteiger partial charge in [-0.25, -0.2) is 0 Å². The third kappa shape index (κ3) is 2.67. The molecule has 0 aliphatic rings. The largest absolute Gasteiger partial charge is 0.384 e. The van der Waals surface area contributed by atoms with Gasteiger partial charge in [-0.1, -0.05) is 25.1 Å². The maximum absolute atomic E-state index is 10.7. The quantitative estimate of drug-likeness (QED) is 0.798. The molecule has 1 aromatic carbocycles. The van der Waals surface area contributed by atoms with Crippen molar-refractivity contribution in [2.45, 2.75) is 32.9 Å². The summed E-state index contributed by atoms with van der Waals surface area (Å²) >= 11 is 0. The first-order valence-electron chi connectivity index (χ1n) is 7.25. The fourth-order valence-corrected chi connectivity index (χ4v) is 2.62. The zero-order valence-corrected chi connectivity index (χ0v) is 12.3. The lowest BCUT2D eigenvalue weighted by Crippen LogP contribution is -2.02. The van der Waals surface area contributed by atoms with E-state index in [0.29, 0.717) is 0 Å². The summed E-state index contributed by atoms with van der Waals surface area (Å²) in [6, 6.07) is 9.85. The number of pyridine rings is 1. The molecule has 0 aliphatic carbocycles. The van der Waals surface area contributed by atoms with Crippen LogP contribution in [-0.2, 0) is 6.54 Å². The number of aliphatic hydroxyl groups excluding tert-OH is 1. The van der Waals surface area contributed by atoms with E-state index in [0.717, 1.165) is 40.7 Å². The molecule has 2 aromatic heterocycles. The van der Waals surface area contributed by atoms with Gasteiger partial charge in [0, 0.05) is 29.4 Å². The van der Waals surface area contributed by atoms with Crippen LogP contribution in [0.1, 0.15) is 36.3 Å². The number of aliphatic hydroxyl groups is 1. The zero-order chi connectivity index (χ0) is 14.8. The summed E-state index contributed by atoms with van der Waals surface area (Å²) < 4.78 is 1.87. The Morgan fingerprint density at radius 3 is 2.90 bits per heavy atom. The molecule has 108 valence electrons. The van der Waals surface area contributed by atoms with Gasteiger partial charge in [-0.05, 0) is 31.0 Å². The van der Waals surface area contributed by atoms with Crippen molar-refractivity contribution in [3.8, 4) is 0 Å². The van der Waals surface area contributed by atoms with Crippen LogP contribution < -0.4 is 0 Å². The minimum atomic E-state index is -0.679. The summed E-state index contributed by atoms with van der Waals surface area (Å²) in [4.78, 5) is 4.52. The number of hydrogen-bond acceptors (Lipinski definition) is 3. The SMILES string of the molecule is CCCn1cc(C(O)c2cc(C)nc3ccccc23)cn1. The van der Waals surface area contributed by atoms with E-state index in [1.54, 1.807) is 6.20 Å². The minimum Gasteiger partial charge on any atom is -0.384 e. The molecule has 1 N–H and O–H groups in total. The number of aromatic nitrogens is 3. The lowest BCUT2D eigenvalue weighted by Gasteiger charge is -2.13. The topological polar surface area (TPSA) is 50.9 Å². The van der Waals surface area contributed by atoms with Crippen LogP contribution in [0, 0.1) is 6.92 Å². The molecule has 0 fully saturated rings. The van der Waals surface area contributed by atoms with E-state index < -0.39 is 6.10 Å². The summed E-state index contributed by atoms with van der Waals surface area (Å²) in [5.41, 5.74) is 3.52. The van der Waals surface area contributed by atoms with Gasteiger partial charge in [0.1, 0.15) is 6.10 Å². The number of aryl methyl sites for hydroxylation is 2. The van der Waals surface area contributed by atoms with Crippen molar-refractivity contribution < 1.29 is 5.11 Å². The Kier molecular flexibility index (Phi) is 3.71. The van der Waals surface area contributed by atoms with Crippen LogP contribution in [0.15, 0.2) is 42.7 Å². The van der Waals surface area contributed by atoms with Crippen LogP contribution in [-0.4, -0.2) is 19.9 Å². The maximum Gasteiger partial charge on any atom is 0.108 e. The minimum absolute atomic E-state index is 0.679. The second-order valence-electron chi connectivity index (χ2n) is 5.31. The van der Waals surface area contributed by atoms with Gasteiger partial charge in [0.25, 0.3) is 0 Å². The van der Waals surface area contributed by atoms with Crippen LogP contribution >= 0.6 is 0 Å². The van der Waals surface area contributed by atoms with Crippen LogP contribution in [0.25, 0.3) is 10.9 Å².